The molecule has 1 unspecified atom stereocenters. The van der Waals surface area contributed by atoms with E-state index in [0.29, 0.717) is 0 Å². The van der Waals surface area contributed by atoms with Gasteiger partial charge in [0, 0.05) is 7.11 Å². The van der Waals surface area contributed by atoms with E-state index in [1.165, 1.54) is 7.11 Å². The van der Waals surface area contributed by atoms with Crippen LogP contribution in [0.4, 0.5) is 0 Å². The lowest BCUT2D eigenvalue weighted by Gasteiger charge is -2.44. The summed E-state index contributed by atoms with van der Waals surface area (Å²) in [6.07, 6.45) is -6.23. The van der Waals surface area contributed by atoms with E-state index < -0.39 is 37.0 Å². The summed E-state index contributed by atoms with van der Waals surface area (Å²) in [5, 5.41) is 46.1. The molecule has 1 saturated heterocycles. The largest absolute Gasteiger partial charge is 0.391 e. The summed E-state index contributed by atoms with van der Waals surface area (Å²) >= 11 is 0. The van der Waals surface area contributed by atoms with E-state index in [4.69, 9.17) is 9.84 Å². The van der Waals surface area contributed by atoms with E-state index in [-0.39, 0.29) is 0 Å². The average Bonchev–Trinajstić information content (AvgIpc) is 2.20. The quantitative estimate of drug-likeness (QED) is 0.325. The fraction of sp³-hybridized carbons (Fsp3) is 1.00. The monoisotopic (exact) mass is 210 g/mol. The highest BCUT2D eigenvalue weighted by Crippen LogP contribution is 2.27. The standard InChI is InChI=1S/C7H14O7/c1-13-6-4(10)3(9)5(11)7(12,2-8)14-6/h3-6,8-12H,2H2,1H3/t3-,4+,5-,6+,7?/m1/s1. The van der Waals surface area contributed by atoms with Gasteiger partial charge in [0.2, 0.25) is 5.79 Å². The first-order valence-electron chi connectivity index (χ1n) is 4.04. The zero-order valence-electron chi connectivity index (χ0n) is 7.57. The van der Waals surface area contributed by atoms with Crippen LogP contribution in [0, 0.1) is 0 Å². The molecular formula is C7H14O7. The molecule has 1 heterocycles. The smallest absolute Gasteiger partial charge is 0.221 e. The molecule has 5 atom stereocenters. The second kappa shape index (κ2) is 4.07. The number of hydrogen-bond acceptors (Lipinski definition) is 7. The number of methoxy groups -OCH3 is 1. The van der Waals surface area contributed by atoms with Crippen molar-refractivity contribution in [3.63, 3.8) is 0 Å². The summed E-state index contributed by atoms with van der Waals surface area (Å²) in [5.74, 6) is -2.32. The first kappa shape index (κ1) is 11.8. The van der Waals surface area contributed by atoms with Crippen LogP contribution in [0.5, 0.6) is 0 Å². The van der Waals surface area contributed by atoms with Crippen molar-refractivity contribution in [1.82, 2.24) is 0 Å². The normalized spacial score (nSPS) is 49.3. The minimum Gasteiger partial charge on any atom is -0.391 e. The Labute approximate surface area is 80.1 Å². The molecule has 1 rings (SSSR count). The van der Waals surface area contributed by atoms with Crippen LogP contribution in [0.15, 0.2) is 0 Å². The van der Waals surface area contributed by atoms with Gasteiger partial charge in [-0.25, -0.2) is 0 Å². The molecule has 1 aliphatic rings. The maximum absolute atomic E-state index is 9.46. The lowest BCUT2D eigenvalue weighted by atomic mass is 9.96. The van der Waals surface area contributed by atoms with Gasteiger partial charge in [0.15, 0.2) is 6.29 Å². The topological polar surface area (TPSA) is 120 Å². The third-order valence-electron chi connectivity index (χ3n) is 2.19. The number of ether oxygens (including phenoxy) is 2. The van der Waals surface area contributed by atoms with Gasteiger partial charge in [-0.3, -0.25) is 0 Å². The van der Waals surface area contributed by atoms with E-state index >= 15 is 0 Å². The third-order valence-corrected chi connectivity index (χ3v) is 2.19. The zero-order chi connectivity index (χ0) is 10.9. The second-order valence-corrected chi connectivity index (χ2v) is 3.15. The van der Waals surface area contributed by atoms with Gasteiger partial charge in [0.1, 0.15) is 18.3 Å². The molecule has 84 valence electrons. The van der Waals surface area contributed by atoms with Crippen molar-refractivity contribution in [2.24, 2.45) is 0 Å². The van der Waals surface area contributed by atoms with Gasteiger partial charge in [-0.2, -0.15) is 0 Å². The molecule has 14 heavy (non-hydrogen) atoms. The Morgan fingerprint density at radius 2 is 1.86 bits per heavy atom. The number of hydrogen-bond donors (Lipinski definition) is 5. The fourth-order valence-corrected chi connectivity index (χ4v) is 1.27. The molecule has 5 N–H and O–H groups in total. The van der Waals surface area contributed by atoms with Crippen molar-refractivity contribution in [3.8, 4) is 0 Å². The van der Waals surface area contributed by atoms with E-state index in [9.17, 15) is 20.4 Å². The molecule has 0 saturated carbocycles. The van der Waals surface area contributed by atoms with Crippen molar-refractivity contribution >= 4 is 0 Å². The van der Waals surface area contributed by atoms with E-state index in [2.05, 4.69) is 4.74 Å². The third kappa shape index (κ3) is 1.75. The summed E-state index contributed by atoms with van der Waals surface area (Å²) in [6, 6.07) is 0. The predicted octanol–water partition coefficient (Wildman–Crippen LogP) is -3.25. The maximum atomic E-state index is 9.46. The van der Waals surface area contributed by atoms with Crippen LogP contribution in [0.25, 0.3) is 0 Å². The predicted molar refractivity (Wildman–Crippen MR) is 41.9 cm³/mol. The molecule has 0 spiro atoms. The molecule has 7 heteroatoms. The van der Waals surface area contributed by atoms with Crippen LogP contribution < -0.4 is 0 Å². The van der Waals surface area contributed by atoms with Crippen LogP contribution in [0.2, 0.25) is 0 Å². The van der Waals surface area contributed by atoms with Crippen LogP contribution in [-0.4, -0.2) is 69.6 Å². The van der Waals surface area contributed by atoms with Gasteiger partial charge in [-0.05, 0) is 0 Å². The zero-order valence-corrected chi connectivity index (χ0v) is 7.57. The van der Waals surface area contributed by atoms with Crippen molar-refractivity contribution in [1.29, 1.82) is 0 Å². The molecular weight excluding hydrogens is 196 g/mol. The Hall–Kier alpha value is -0.280. The van der Waals surface area contributed by atoms with Crippen molar-refractivity contribution in [2.75, 3.05) is 13.7 Å². The summed E-state index contributed by atoms with van der Waals surface area (Å²) in [4.78, 5) is 0. The lowest BCUT2D eigenvalue weighted by Crippen LogP contribution is -2.66. The average molecular weight is 210 g/mol. The molecule has 1 aliphatic heterocycles. The molecule has 7 nitrogen and oxygen atoms in total. The number of aliphatic hydroxyl groups is 5. The minimum absolute atomic E-state index is 0.919. The Morgan fingerprint density at radius 3 is 2.29 bits per heavy atom. The summed E-state index contributed by atoms with van der Waals surface area (Å²) in [5.41, 5.74) is 0. The van der Waals surface area contributed by atoms with E-state index in [0.717, 1.165) is 0 Å². The fourth-order valence-electron chi connectivity index (χ4n) is 1.27. The van der Waals surface area contributed by atoms with Gasteiger partial charge in [-0.1, -0.05) is 0 Å². The van der Waals surface area contributed by atoms with Crippen LogP contribution in [-0.2, 0) is 9.47 Å². The minimum atomic E-state index is -2.32. The van der Waals surface area contributed by atoms with Crippen molar-refractivity contribution in [3.05, 3.63) is 0 Å². The first-order valence-corrected chi connectivity index (χ1v) is 4.04. The maximum Gasteiger partial charge on any atom is 0.221 e. The molecule has 0 aromatic carbocycles. The van der Waals surface area contributed by atoms with Gasteiger partial charge in [0.25, 0.3) is 0 Å². The van der Waals surface area contributed by atoms with Crippen LogP contribution in [0.1, 0.15) is 0 Å². The molecule has 0 aromatic heterocycles. The Kier molecular flexibility index (Phi) is 3.43. The molecule has 0 bridgehead atoms. The Morgan fingerprint density at radius 1 is 1.29 bits per heavy atom. The van der Waals surface area contributed by atoms with Gasteiger partial charge >= 0.3 is 0 Å². The second-order valence-electron chi connectivity index (χ2n) is 3.15. The Balaban J connectivity index is 2.84. The van der Waals surface area contributed by atoms with E-state index in [1.54, 1.807) is 0 Å². The first-order chi connectivity index (χ1) is 6.46. The van der Waals surface area contributed by atoms with Crippen molar-refractivity contribution in [2.45, 2.75) is 30.4 Å². The van der Waals surface area contributed by atoms with Gasteiger partial charge < -0.3 is 35.0 Å². The lowest BCUT2D eigenvalue weighted by molar-refractivity contribution is -0.393. The van der Waals surface area contributed by atoms with Gasteiger partial charge in [-0.15, -0.1) is 0 Å². The molecule has 0 aromatic rings. The molecule has 0 amide bonds. The number of aliphatic hydroxyl groups excluding tert-OH is 4. The highest BCUT2D eigenvalue weighted by Gasteiger charge is 2.52. The van der Waals surface area contributed by atoms with E-state index in [1.807, 2.05) is 0 Å². The molecule has 1 fully saturated rings. The Bertz CT molecular complexity index is 196. The van der Waals surface area contributed by atoms with Gasteiger partial charge in [0.05, 0.1) is 6.61 Å². The molecule has 0 aliphatic carbocycles. The summed E-state index contributed by atoms with van der Waals surface area (Å²) in [7, 11) is 1.19. The number of rotatable bonds is 2. The van der Waals surface area contributed by atoms with Crippen LogP contribution in [0.3, 0.4) is 0 Å². The summed E-state index contributed by atoms with van der Waals surface area (Å²) in [6.45, 7) is -0.919. The highest BCUT2D eigenvalue weighted by atomic mass is 16.8. The summed E-state index contributed by atoms with van der Waals surface area (Å²) < 4.78 is 9.30. The van der Waals surface area contributed by atoms with Crippen LogP contribution >= 0.6 is 0 Å². The highest BCUT2D eigenvalue weighted by molar-refractivity contribution is 4.93. The van der Waals surface area contributed by atoms with Crippen molar-refractivity contribution < 1.29 is 35.0 Å². The SMILES string of the molecule is CO[C@H]1OC(O)(CO)[C@H](O)[C@H](O)[C@@H]1O. The molecule has 0 radical (unpaired) electrons.